The summed E-state index contributed by atoms with van der Waals surface area (Å²) in [5.74, 6) is 1.06. The van der Waals surface area contributed by atoms with Gasteiger partial charge in [0.05, 0.1) is 15.0 Å². The van der Waals surface area contributed by atoms with Crippen LogP contribution in [0.15, 0.2) is 24.5 Å². The second kappa shape index (κ2) is 4.40. The number of nitrogens with zero attached hydrogens (tertiary/aromatic N) is 3. The molecule has 0 atom stereocenters. The molecule has 2 heterocycles. The highest BCUT2D eigenvalue weighted by Crippen LogP contribution is 2.27. The van der Waals surface area contributed by atoms with Gasteiger partial charge in [-0.15, -0.1) is 0 Å². The maximum Gasteiger partial charge on any atom is 0.141 e. The fourth-order valence-corrected chi connectivity index (χ4v) is 2.44. The van der Waals surface area contributed by atoms with E-state index in [0.717, 1.165) is 15.0 Å². The monoisotopic (exact) mass is 328 g/mol. The molecule has 2 aromatic rings. The average Bonchev–Trinajstić information content (AvgIpc) is 2.58. The molecule has 4 nitrogen and oxygen atoms in total. The van der Waals surface area contributed by atoms with Crippen molar-refractivity contribution in [2.75, 3.05) is 5.73 Å². The van der Waals surface area contributed by atoms with Crippen LogP contribution in [0.1, 0.15) is 25.5 Å². The molecule has 0 aliphatic rings. The maximum atomic E-state index is 6.05. The number of hydrogen-bond donors (Lipinski definition) is 1. The number of aromatic nitrogens is 3. The molecule has 0 aromatic carbocycles. The van der Waals surface area contributed by atoms with Gasteiger partial charge in [-0.1, -0.05) is 13.8 Å². The van der Waals surface area contributed by atoms with Gasteiger partial charge in [-0.3, -0.25) is 4.98 Å². The topological polar surface area (TPSA) is 56.7 Å². The summed E-state index contributed by atoms with van der Waals surface area (Å²) in [4.78, 5) is 3.98. The molecule has 0 saturated carbocycles. The van der Waals surface area contributed by atoms with Crippen LogP contribution < -0.4 is 5.73 Å². The van der Waals surface area contributed by atoms with Crippen molar-refractivity contribution >= 4 is 28.4 Å². The van der Waals surface area contributed by atoms with Crippen LogP contribution in [0, 0.1) is 3.57 Å². The lowest BCUT2D eigenvalue weighted by atomic mass is 10.1. The molecule has 16 heavy (non-hydrogen) atoms. The summed E-state index contributed by atoms with van der Waals surface area (Å²) in [6, 6.07) is 3.78. The number of nitrogens with two attached hydrogens (primary N) is 1. The highest BCUT2D eigenvalue weighted by Gasteiger charge is 2.16. The first kappa shape index (κ1) is 11.4. The predicted octanol–water partition coefficient (Wildman–Crippen LogP) is 2.58. The molecule has 84 valence electrons. The summed E-state index contributed by atoms with van der Waals surface area (Å²) >= 11 is 2.24. The van der Waals surface area contributed by atoms with Crippen molar-refractivity contribution in [2.24, 2.45) is 0 Å². The summed E-state index contributed by atoms with van der Waals surface area (Å²) in [5.41, 5.74) is 8.02. The second-order valence-corrected chi connectivity index (χ2v) is 4.94. The number of rotatable bonds is 2. The lowest BCUT2D eigenvalue weighted by molar-refractivity contribution is 0.768. The Morgan fingerprint density at radius 2 is 1.94 bits per heavy atom. The number of pyridine rings is 1. The molecule has 0 unspecified atom stereocenters. The summed E-state index contributed by atoms with van der Waals surface area (Å²) in [6.07, 6.45) is 3.47. The summed E-state index contributed by atoms with van der Waals surface area (Å²) < 4.78 is 2.79. The van der Waals surface area contributed by atoms with Gasteiger partial charge in [0.2, 0.25) is 0 Å². The number of hydrogen-bond acceptors (Lipinski definition) is 3. The first-order chi connectivity index (χ1) is 7.61. The zero-order valence-electron chi connectivity index (χ0n) is 9.18. The van der Waals surface area contributed by atoms with Crippen LogP contribution in [0.4, 0.5) is 5.82 Å². The van der Waals surface area contributed by atoms with Gasteiger partial charge in [0.1, 0.15) is 5.82 Å². The van der Waals surface area contributed by atoms with Crippen molar-refractivity contribution in [1.82, 2.24) is 14.8 Å². The Kier molecular flexibility index (Phi) is 3.13. The third-order valence-corrected chi connectivity index (χ3v) is 3.45. The first-order valence-electron chi connectivity index (χ1n) is 5.05. The molecule has 0 bridgehead atoms. The van der Waals surface area contributed by atoms with Gasteiger partial charge in [0.15, 0.2) is 0 Å². The van der Waals surface area contributed by atoms with E-state index >= 15 is 0 Å². The van der Waals surface area contributed by atoms with E-state index in [1.54, 1.807) is 17.1 Å². The lowest BCUT2D eigenvalue weighted by Gasteiger charge is -2.02. The van der Waals surface area contributed by atoms with E-state index in [1.807, 2.05) is 12.1 Å². The largest absolute Gasteiger partial charge is 0.383 e. The van der Waals surface area contributed by atoms with E-state index in [9.17, 15) is 0 Å². The third-order valence-electron chi connectivity index (χ3n) is 2.34. The molecule has 0 radical (unpaired) electrons. The molecular formula is C11H13IN4. The van der Waals surface area contributed by atoms with E-state index in [1.165, 1.54) is 0 Å². The normalized spacial score (nSPS) is 11.0. The van der Waals surface area contributed by atoms with E-state index in [0.29, 0.717) is 11.7 Å². The van der Waals surface area contributed by atoms with Gasteiger partial charge in [0.25, 0.3) is 0 Å². The van der Waals surface area contributed by atoms with Crippen LogP contribution in [0.2, 0.25) is 0 Å². The summed E-state index contributed by atoms with van der Waals surface area (Å²) in [5, 5.41) is 4.54. The van der Waals surface area contributed by atoms with Crippen LogP contribution in [0.3, 0.4) is 0 Å². The van der Waals surface area contributed by atoms with Crippen LogP contribution in [-0.2, 0) is 0 Å². The molecule has 2 N–H and O–H groups in total. The van der Waals surface area contributed by atoms with E-state index in [2.05, 4.69) is 46.5 Å². The molecule has 5 heteroatoms. The van der Waals surface area contributed by atoms with E-state index < -0.39 is 0 Å². The molecule has 0 aliphatic heterocycles. The highest BCUT2D eigenvalue weighted by atomic mass is 127. The fourth-order valence-electron chi connectivity index (χ4n) is 1.48. The van der Waals surface area contributed by atoms with E-state index in [-0.39, 0.29) is 0 Å². The third kappa shape index (κ3) is 1.91. The zero-order chi connectivity index (χ0) is 11.7. The molecule has 0 fully saturated rings. The smallest absolute Gasteiger partial charge is 0.141 e. The van der Waals surface area contributed by atoms with Crippen molar-refractivity contribution in [2.45, 2.75) is 19.8 Å². The van der Waals surface area contributed by atoms with Gasteiger partial charge in [-0.05, 0) is 40.6 Å². The minimum absolute atomic E-state index is 0.372. The maximum absolute atomic E-state index is 6.05. The van der Waals surface area contributed by atoms with Gasteiger partial charge >= 0.3 is 0 Å². The van der Waals surface area contributed by atoms with Gasteiger partial charge < -0.3 is 5.73 Å². The number of anilines is 1. The van der Waals surface area contributed by atoms with E-state index in [4.69, 9.17) is 5.73 Å². The Labute approximate surface area is 108 Å². The molecule has 2 aromatic heterocycles. The van der Waals surface area contributed by atoms with Crippen molar-refractivity contribution in [3.63, 3.8) is 0 Å². The highest BCUT2D eigenvalue weighted by molar-refractivity contribution is 14.1. The molecular weight excluding hydrogens is 315 g/mol. The van der Waals surface area contributed by atoms with Crippen LogP contribution in [-0.4, -0.2) is 14.8 Å². The van der Waals surface area contributed by atoms with Crippen LogP contribution >= 0.6 is 22.6 Å². The standard InChI is InChI=1S/C11H13IN4/c1-7(2)10-9(12)11(13)16(15-10)8-3-5-14-6-4-8/h3-7H,13H2,1-2H3. The van der Waals surface area contributed by atoms with Gasteiger partial charge in [-0.2, -0.15) is 5.10 Å². The second-order valence-electron chi connectivity index (χ2n) is 3.86. The molecule has 0 aliphatic carbocycles. The Morgan fingerprint density at radius 1 is 1.31 bits per heavy atom. The molecule has 2 rings (SSSR count). The first-order valence-corrected chi connectivity index (χ1v) is 6.13. The van der Waals surface area contributed by atoms with Crippen LogP contribution in [0.25, 0.3) is 5.69 Å². The minimum Gasteiger partial charge on any atom is -0.383 e. The zero-order valence-corrected chi connectivity index (χ0v) is 11.3. The van der Waals surface area contributed by atoms with Crippen molar-refractivity contribution in [3.8, 4) is 5.69 Å². The van der Waals surface area contributed by atoms with Crippen molar-refractivity contribution < 1.29 is 0 Å². The Bertz CT molecular complexity index is 490. The molecule has 0 saturated heterocycles. The van der Waals surface area contributed by atoms with Crippen LogP contribution in [0.5, 0.6) is 0 Å². The van der Waals surface area contributed by atoms with Crippen molar-refractivity contribution in [3.05, 3.63) is 33.8 Å². The Morgan fingerprint density at radius 3 is 2.44 bits per heavy atom. The quantitative estimate of drug-likeness (QED) is 0.862. The molecule has 0 spiro atoms. The average molecular weight is 328 g/mol. The Hall–Kier alpha value is -1.11. The predicted molar refractivity (Wildman–Crippen MR) is 72.6 cm³/mol. The summed E-state index contributed by atoms with van der Waals surface area (Å²) in [6.45, 7) is 4.22. The number of halogens is 1. The molecule has 0 amide bonds. The minimum atomic E-state index is 0.372. The lowest BCUT2D eigenvalue weighted by Crippen LogP contribution is -2.02. The van der Waals surface area contributed by atoms with Crippen molar-refractivity contribution in [1.29, 1.82) is 0 Å². The Balaban J connectivity index is 2.55. The van der Waals surface area contributed by atoms with Gasteiger partial charge in [-0.25, -0.2) is 4.68 Å². The van der Waals surface area contributed by atoms with Gasteiger partial charge in [0, 0.05) is 12.4 Å². The fraction of sp³-hybridized carbons (Fsp3) is 0.273. The number of nitrogen functional groups attached to an aromatic ring is 1. The summed E-state index contributed by atoms with van der Waals surface area (Å²) in [7, 11) is 0. The SMILES string of the molecule is CC(C)c1nn(-c2ccncc2)c(N)c1I.